The number of hydrogen-bond acceptors (Lipinski definition) is 3. The summed E-state index contributed by atoms with van der Waals surface area (Å²) < 4.78 is 7.12. The summed E-state index contributed by atoms with van der Waals surface area (Å²) in [6, 6.07) is 7.24. The van der Waals surface area contributed by atoms with E-state index in [-0.39, 0.29) is 30.9 Å². The molecule has 0 radical (unpaired) electrons. The van der Waals surface area contributed by atoms with Crippen molar-refractivity contribution in [2.24, 2.45) is 11.8 Å². The maximum atomic E-state index is 5.89. The van der Waals surface area contributed by atoms with Gasteiger partial charge in [0.15, 0.2) is 0 Å². The molecule has 1 aliphatic heterocycles. The van der Waals surface area contributed by atoms with Gasteiger partial charge in [-0.3, -0.25) is 0 Å². The lowest BCUT2D eigenvalue weighted by atomic mass is 9.83. The summed E-state index contributed by atoms with van der Waals surface area (Å²) in [4.78, 5) is 2.72. The van der Waals surface area contributed by atoms with Crippen molar-refractivity contribution >= 4 is 40.7 Å². The molecule has 2 fully saturated rings. The Morgan fingerprint density at radius 1 is 1.03 bits per heavy atom. The Morgan fingerprint density at radius 2 is 1.71 bits per heavy atom. The van der Waals surface area contributed by atoms with E-state index in [0.717, 1.165) is 36.6 Å². The van der Waals surface area contributed by atoms with Crippen molar-refractivity contribution in [3.05, 3.63) is 28.2 Å². The highest BCUT2D eigenvalue weighted by molar-refractivity contribution is 9.10. The van der Waals surface area contributed by atoms with E-state index in [2.05, 4.69) is 65.1 Å². The van der Waals surface area contributed by atoms with E-state index in [1.807, 2.05) is 0 Å². The summed E-state index contributed by atoms with van der Waals surface area (Å²) >= 11 is 3.75. The number of halogens is 3. The number of ether oxygens (including phenoxy) is 1. The van der Waals surface area contributed by atoms with Crippen molar-refractivity contribution in [2.75, 3.05) is 26.2 Å². The van der Waals surface area contributed by atoms with Crippen molar-refractivity contribution in [3.8, 4) is 5.75 Å². The first-order valence-corrected chi connectivity index (χ1v) is 12.7. The second kappa shape index (κ2) is 15.0. The molecule has 6 heteroatoms. The predicted molar refractivity (Wildman–Crippen MR) is 141 cm³/mol. The molecule has 0 aromatic heterocycles. The second-order valence-electron chi connectivity index (χ2n) is 9.47. The lowest BCUT2D eigenvalue weighted by Gasteiger charge is -2.34. The highest BCUT2D eigenvalue weighted by Crippen LogP contribution is 2.30. The first kappa shape index (κ1) is 29.0. The van der Waals surface area contributed by atoms with Crippen molar-refractivity contribution in [2.45, 2.75) is 84.3 Å². The summed E-state index contributed by atoms with van der Waals surface area (Å²) in [6.45, 7) is 11.4. The van der Waals surface area contributed by atoms with Gasteiger partial charge in [-0.2, -0.15) is 0 Å². The largest absolute Gasteiger partial charge is 0.491 e. The average Bonchev–Trinajstić information content (AvgIpc) is 2.71. The predicted octanol–water partition coefficient (Wildman–Crippen LogP) is 6.89. The van der Waals surface area contributed by atoms with Gasteiger partial charge in [0.05, 0.1) is 6.10 Å². The summed E-state index contributed by atoms with van der Waals surface area (Å²) in [6.07, 6.45) is 11.1. The fraction of sp³-hybridized carbons (Fsp3) is 0.760. The molecular weight excluding hydrogens is 495 g/mol. The van der Waals surface area contributed by atoms with Crippen LogP contribution in [0.25, 0.3) is 0 Å². The van der Waals surface area contributed by atoms with Crippen LogP contribution in [0.2, 0.25) is 0 Å². The molecule has 1 N–H and O–H groups in total. The first-order chi connectivity index (χ1) is 14.0. The van der Waals surface area contributed by atoms with Crippen LogP contribution in [0, 0.1) is 11.8 Å². The van der Waals surface area contributed by atoms with E-state index >= 15 is 0 Å². The minimum Gasteiger partial charge on any atom is -0.491 e. The number of piperidine rings is 1. The molecule has 2 aliphatic rings. The van der Waals surface area contributed by atoms with Crippen LogP contribution >= 0.6 is 40.7 Å². The molecule has 1 aromatic carbocycles. The van der Waals surface area contributed by atoms with Crippen LogP contribution in [0.3, 0.4) is 0 Å². The Bertz CT molecular complexity index is 616. The third-order valence-electron chi connectivity index (χ3n) is 6.80. The van der Waals surface area contributed by atoms with Crippen LogP contribution in [0.15, 0.2) is 22.7 Å². The highest BCUT2D eigenvalue weighted by atomic mass is 79.9. The fourth-order valence-corrected chi connectivity index (χ4v) is 5.50. The number of benzene rings is 1. The zero-order valence-electron chi connectivity index (χ0n) is 19.6. The minimum atomic E-state index is 0. The van der Waals surface area contributed by atoms with Gasteiger partial charge >= 0.3 is 0 Å². The molecule has 0 unspecified atom stereocenters. The standard InChI is InChI=1S/C25H41BrN2O.2ClH/c1-4-27-23-7-5-20(6-8-23)11-14-28-15-12-21(13-16-28)17-22-18-24(29-19(2)3)9-10-25(22)26;;/h9-10,18-21,23,27H,4-8,11-17H2,1-3H3;2*1H/t20-,23+;;. The maximum Gasteiger partial charge on any atom is 0.120 e. The molecule has 1 saturated heterocycles. The van der Waals surface area contributed by atoms with Gasteiger partial charge in [-0.05, 0) is 127 Å². The van der Waals surface area contributed by atoms with Crippen molar-refractivity contribution < 1.29 is 4.74 Å². The van der Waals surface area contributed by atoms with Gasteiger partial charge < -0.3 is 15.0 Å². The highest BCUT2D eigenvalue weighted by Gasteiger charge is 2.23. The van der Waals surface area contributed by atoms with Crippen LogP contribution in [-0.4, -0.2) is 43.2 Å². The van der Waals surface area contributed by atoms with E-state index < -0.39 is 0 Å². The molecule has 0 atom stereocenters. The molecule has 0 bridgehead atoms. The van der Waals surface area contributed by atoms with Gasteiger partial charge in [0.25, 0.3) is 0 Å². The normalized spacial score (nSPS) is 22.6. The minimum absolute atomic E-state index is 0. The molecular formula is C25H43BrCl2N2O. The number of nitrogens with one attached hydrogen (secondary N) is 1. The Labute approximate surface area is 211 Å². The Hall–Kier alpha value is -0.000000000000000111. The molecule has 3 rings (SSSR count). The third kappa shape index (κ3) is 9.80. The monoisotopic (exact) mass is 536 g/mol. The van der Waals surface area contributed by atoms with Crippen molar-refractivity contribution in [1.82, 2.24) is 10.2 Å². The van der Waals surface area contributed by atoms with Crippen molar-refractivity contribution in [1.29, 1.82) is 0 Å². The maximum absolute atomic E-state index is 5.89. The molecule has 1 aliphatic carbocycles. The number of likely N-dealkylation sites (tertiary alicyclic amines) is 1. The van der Waals surface area contributed by atoms with Crippen LogP contribution < -0.4 is 10.1 Å². The van der Waals surface area contributed by atoms with E-state index in [1.165, 1.54) is 74.6 Å². The van der Waals surface area contributed by atoms with Gasteiger partial charge in [-0.15, -0.1) is 24.8 Å². The lowest BCUT2D eigenvalue weighted by molar-refractivity contribution is 0.163. The quantitative estimate of drug-likeness (QED) is 0.371. The van der Waals surface area contributed by atoms with E-state index in [1.54, 1.807) is 0 Å². The van der Waals surface area contributed by atoms with E-state index in [9.17, 15) is 0 Å². The fourth-order valence-electron chi connectivity index (χ4n) is 5.09. The van der Waals surface area contributed by atoms with Crippen LogP contribution in [-0.2, 0) is 6.42 Å². The SMILES string of the molecule is CCN[C@H]1CC[C@@H](CCN2CCC(Cc3cc(OC(C)C)ccc3Br)CC2)CC1.Cl.Cl. The average molecular weight is 538 g/mol. The zero-order chi connectivity index (χ0) is 20.6. The van der Waals surface area contributed by atoms with E-state index in [4.69, 9.17) is 4.74 Å². The van der Waals surface area contributed by atoms with Gasteiger partial charge in [-0.25, -0.2) is 0 Å². The Morgan fingerprint density at radius 3 is 2.32 bits per heavy atom. The third-order valence-corrected chi connectivity index (χ3v) is 7.57. The van der Waals surface area contributed by atoms with Crippen LogP contribution in [0.4, 0.5) is 0 Å². The summed E-state index contributed by atoms with van der Waals surface area (Å²) in [5, 5.41) is 3.63. The van der Waals surface area contributed by atoms with Gasteiger partial charge in [0, 0.05) is 10.5 Å². The first-order valence-electron chi connectivity index (χ1n) is 11.9. The Balaban J connectivity index is 0.00000240. The van der Waals surface area contributed by atoms with Gasteiger partial charge in [0.2, 0.25) is 0 Å². The molecule has 31 heavy (non-hydrogen) atoms. The number of rotatable bonds is 9. The smallest absolute Gasteiger partial charge is 0.120 e. The lowest BCUT2D eigenvalue weighted by Crippen LogP contribution is -2.37. The molecule has 0 spiro atoms. The van der Waals surface area contributed by atoms with Crippen molar-refractivity contribution in [3.63, 3.8) is 0 Å². The summed E-state index contributed by atoms with van der Waals surface area (Å²) in [5.41, 5.74) is 1.40. The molecule has 0 amide bonds. The van der Waals surface area contributed by atoms with E-state index in [0.29, 0.717) is 0 Å². The molecule has 180 valence electrons. The Kier molecular flexibility index (Phi) is 14.1. The molecule has 3 nitrogen and oxygen atoms in total. The van der Waals surface area contributed by atoms with Crippen LogP contribution in [0.1, 0.15) is 71.3 Å². The molecule has 1 aromatic rings. The van der Waals surface area contributed by atoms with Gasteiger partial charge in [-0.1, -0.05) is 22.9 Å². The van der Waals surface area contributed by atoms with Crippen LogP contribution in [0.5, 0.6) is 5.75 Å². The number of hydrogen-bond donors (Lipinski definition) is 1. The summed E-state index contributed by atoms with van der Waals surface area (Å²) in [5.74, 6) is 2.76. The zero-order valence-corrected chi connectivity index (χ0v) is 22.8. The molecule has 1 heterocycles. The number of nitrogens with zero attached hydrogens (tertiary/aromatic N) is 1. The topological polar surface area (TPSA) is 24.5 Å². The second-order valence-corrected chi connectivity index (χ2v) is 10.3. The van der Waals surface area contributed by atoms with Gasteiger partial charge in [0.1, 0.15) is 5.75 Å². The summed E-state index contributed by atoms with van der Waals surface area (Å²) in [7, 11) is 0. The molecule has 1 saturated carbocycles.